The lowest BCUT2D eigenvalue weighted by Gasteiger charge is -2.05. The van der Waals surface area contributed by atoms with E-state index < -0.39 is 29.7 Å². The van der Waals surface area contributed by atoms with Gasteiger partial charge >= 0.3 is 0 Å². The Morgan fingerprint density at radius 2 is 1.63 bits per heavy atom. The maximum absolute atomic E-state index is 13.5. The summed E-state index contributed by atoms with van der Waals surface area (Å²) in [5, 5.41) is 0.179. The molecule has 0 amide bonds. The lowest BCUT2D eigenvalue weighted by molar-refractivity contribution is 0.0986. The summed E-state index contributed by atoms with van der Waals surface area (Å²) < 4.78 is 40.2. The lowest BCUT2D eigenvalue weighted by Crippen LogP contribution is -2.09. The topological polar surface area (TPSA) is 17.1 Å². The second-order valence-electron chi connectivity index (χ2n) is 3.92. The second-order valence-corrected chi connectivity index (χ2v) is 4.36. The van der Waals surface area contributed by atoms with Crippen molar-refractivity contribution >= 4 is 17.4 Å². The van der Waals surface area contributed by atoms with Crippen LogP contribution in [0.3, 0.4) is 0 Å². The van der Waals surface area contributed by atoms with Gasteiger partial charge in [-0.1, -0.05) is 17.7 Å². The molecule has 0 spiro atoms. The highest BCUT2D eigenvalue weighted by Gasteiger charge is 2.17. The Bertz CT molecular complexity index is 620. The molecule has 2 aromatic rings. The fourth-order valence-corrected chi connectivity index (χ4v) is 1.84. The smallest absolute Gasteiger partial charge is 0.170 e. The maximum Gasteiger partial charge on any atom is 0.170 e. The van der Waals surface area contributed by atoms with Crippen LogP contribution in [-0.2, 0) is 6.42 Å². The molecule has 2 aromatic carbocycles. The Labute approximate surface area is 112 Å². The van der Waals surface area contributed by atoms with E-state index in [-0.39, 0.29) is 16.1 Å². The summed E-state index contributed by atoms with van der Waals surface area (Å²) in [5.74, 6) is -3.18. The van der Waals surface area contributed by atoms with E-state index in [1.807, 2.05) is 0 Å². The zero-order valence-electron chi connectivity index (χ0n) is 9.59. The molecular weight excluding hydrogens is 277 g/mol. The minimum atomic E-state index is -0.837. The Hall–Kier alpha value is -1.81. The molecule has 0 N–H and O–H groups in total. The molecule has 2 rings (SSSR count). The van der Waals surface area contributed by atoms with Gasteiger partial charge in [0.05, 0.1) is 5.56 Å². The molecular formula is C14H8ClF3O. The van der Waals surface area contributed by atoms with Crippen LogP contribution < -0.4 is 0 Å². The van der Waals surface area contributed by atoms with Crippen LogP contribution in [-0.4, -0.2) is 5.78 Å². The number of hydrogen-bond acceptors (Lipinski definition) is 1. The monoisotopic (exact) mass is 284 g/mol. The number of carbonyl (C=O) groups excluding carboxylic acids is 1. The van der Waals surface area contributed by atoms with Crippen molar-refractivity contribution in [2.45, 2.75) is 6.42 Å². The molecule has 0 saturated heterocycles. The number of rotatable bonds is 3. The van der Waals surface area contributed by atoms with Crippen LogP contribution in [0.4, 0.5) is 13.2 Å². The zero-order chi connectivity index (χ0) is 14.0. The van der Waals surface area contributed by atoms with Crippen molar-refractivity contribution in [1.29, 1.82) is 0 Å². The summed E-state index contributed by atoms with van der Waals surface area (Å²) in [6.45, 7) is 0. The van der Waals surface area contributed by atoms with Gasteiger partial charge in [-0.3, -0.25) is 4.79 Å². The number of hydrogen-bond donors (Lipinski definition) is 0. The number of halogens is 4. The van der Waals surface area contributed by atoms with Crippen molar-refractivity contribution in [1.82, 2.24) is 0 Å². The molecule has 0 saturated carbocycles. The van der Waals surface area contributed by atoms with Gasteiger partial charge in [0, 0.05) is 17.0 Å². The highest BCUT2D eigenvalue weighted by Crippen LogP contribution is 2.19. The van der Waals surface area contributed by atoms with Crippen molar-refractivity contribution in [3.63, 3.8) is 0 Å². The van der Waals surface area contributed by atoms with Crippen molar-refractivity contribution in [3.05, 3.63) is 70.0 Å². The number of benzene rings is 2. The summed E-state index contributed by atoms with van der Waals surface area (Å²) in [4.78, 5) is 11.9. The van der Waals surface area contributed by atoms with Crippen molar-refractivity contribution in [2.75, 3.05) is 0 Å². The molecule has 0 bridgehead atoms. The van der Waals surface area contributed by atoms with E-state index in [4.69, 9.17) is 11.6 Å². The summed E-state index contributed by atoms with van der Waals surface area (Å²) in [5.41, 5.74) is -0.665. The second kappa shape index (κ2) is 5.45. The van der Waals surface area contributed by atoms with Gasteiger partial charge in [0.2, 0.25) is 0 Å². The Morgan fingerprint density at radius 3 is 2.26 bits per heavy atom. The summed E-state index contributed by atoms with van der Waals surface area (Å²) in [6, 6.07) is 6.74. The molecule has 19 heavy (non-hydrogen) atoms. The van der Waals surface area contributed by atoms with Crippen LogP contribution in [0.15, 0.2) is 36.4 Å². The first-order valence-electron chi connectivity index (χ1n) is 5.40. The van der Waals surface area contributed by atoms with Crippen LogP contribution in [0, 0.1) is 17.5 Å². The van der Waals surface area contributed by atoms with Crippen molar-refractivity contribution < 1.29 is 18.0 Å². The fourth-order valence-electron chi connectivity index (χ4n) is 1.67. The molecule has 0 aliphatic carbocycles. The van der Waals surface area contributed by atoms with Crippen LogP contribution >= 0.6 is 11.6 Å². The Morgan fingerprint density at radius 1 is 1.00 bits per heavy atom. The first-order chi connectivity index (χ1) is 8.99. The molecule has 0 aliphatic rings. The van der Waals surface area contributed by atoms with Crippen LogP contribution in [0.25, 0.3) is 0 Å². The average molecular weight is 285 g/mol. The van der Waals surface area contributed by atoms with E-state index in [1.54, 1.807) is 0 Å². The fraction of sp³-hybridized carbons (Fsp3) is 0.0714. The van der Waals surface area contributed by atoms with Gasteiger partial charge in [-0.15, -0.1) is 0 Å². The third kappa shape index (κ3) is 2.96. The van der Waals surface area contributed by atoms with Crippen LogP contribution in [0.2, 0.25) is 5.02 Å². The summed E-state index contributed by atoms with van der Waals surface area (Å²) in [7, 11) is 0. The van der Waals surface area contributed by atoms with Crippen molar-refractivity contribution in [2.24, 2.45) is 0 Å². The molecule has 0 fully saturated rings. The maximum atomic E-state index is 13.5. The minimum Gasteiger partial charge on any atom is -0.294 e. The van der Waals surface area contributed by atoms with E-state index in [2.05, 4.69) is 0 Å². The predicted octanol–water partition coefficient (Wildman–Crippen LogP) is 4.18. The predicted molar refractivity (Wildman–Crippen MR) is 65.8 cm³/mol. The Kier molecular flexibility index (Phi) is 3.90. The molecule has 0 aromatic heterocycles. The van der Waals surface area contributed by atoms with Gasteiger partial charge in [-0.2, -0.15) is 0 Å². The standard InChI is InChI=1S/C14H8ClF3O/c15-8-4-5-13(18)10(6-8)14(19)7-9-11(16)2-1-3-12(9)17/h1-6H,7H2. The number of ketones is 1. The minimum absolute atomic E-state index is 0.179. The molecule has 5 heteroatoms. The van der Waals surface area contributed by atoms with Crippen LogP contribution in [0.1, 0.15) is 15.9 Å². The molecule has 0 aliphatic heterocycles. The van der Waals surface area contributed by atoms with Crippen molar-refractivity contribution in [3.8, 4) is 0 Å². The van der Waals surface area contributed by atoms with E-state index >= 15 is 0 Å². The molecule has 0 unspecified atom stereocenters. The van der Waals surface area contributed by atoms with Gasteiger partial charge in [0.25, 0.3) is 0 Å². The number of Topliss-reactive ketones (excluding diaryl/α,β-unsaturated/α-hetero) is 1. The van der Waals surface area contributed by atoms with Gasteiger partial charge in [-0.05, 0) is 30.3 Å². The SMILES string of the molecule is O=C(Cc1c(F)cccc1F)c1cc(Cl)ccc1F. The molecule has 0 heterocycles. The first-order valence-corrected chi connectivity index (χ1v) is 5.78. The van der Waals surface area contributed by atoms with Gasteiger partial charge in [-0.25, -0.2) is 13.2 Å². The van der Waals surface area contributed by atoms with Gasteiger partial charge < -0.3 is 0 Å². The Balaban J connectivity index is 2.34. The van der Waals surface area contributed by atoms with Gasteiger partial charge in [0.1, 0.15) is 17.5 Å². The number of carbonyl (C=O) groups is 1. The molecule has 0 atom stereocenters. The normalized spacial score (nSPS) is 10.5. The third-order valence-electron chi connectivity index (χ3n) is 2.63. The van der Waals surface area contributed by atoms with E-state index in [1.165, 1.54) is 12.1 Å². The van der Waals surface area contributed by atoms with Crippen LogP contribution in [0.5, 0.6) is 0 Å². The molecule has 0 radical (unpaired) electrons. The summed E-state index contributed by atoms with van der Waals surface area (Å²) >= 11 is 5.66. The van der Waals surface area contributed by atoms with E-state index in [0.717, 1.165) is 24.3 Å². The summed E-state index contributed by atoms with van der Waals surface area (Å²) in [6.07, 6.45) is -0.560. The zero-order valence-corrected chi connectivity index (χ0v) is 10.3. The average Bonchev–Trinajstić information content (AvgIpc) is 2.37. The third-order valence-corrected chi connectivity index (χ3v) is 2.86. The van der Waals surface area contributed by atoms with E-state index in [9.17, 15) is 18.0 Å². The molecule has 1 nitrogen and oxygen atoms in total. The highest BCUT2D eigenvalue weighted by molar-refractivity contribution is 6.31. The first kappa shape index (κ1) is 13.6. The quantitative estimate of drug-likeness (QED) is 0.773. The largest absolute Gasteiger partial charge is 0.294 e. The van der Waals surface area contributed by atoms with Gasteiger partial charge in [0.15, 0.2) is 5.78 Å². The highest BCUT2D eigenvalue weighted by atomic mass is 35.5. The lowest BCUT2D eigenvalue weighted by atomic mass is 10.0. The van der Waals surface area contributed by atoms with E-state index in [0.29, 0.717) is 0 Å². The molecule has 98 valence electrons.